The Balaban J connectivity index is 1.31. The van der Waals surface area contributed by atoms with Crippen LogP contribution in [0.25, 0.3) is 17.1 Å². The molecule has 3 aromatic rings. The predicted molar refractivity (Wildman–Crippen MR) is 107 cm³/mol. The first-order valence-electron chi connectivity index (χ1n) is 9.52. The van der Waals surface area contributed by atoms with Crippen LogP contribution in [-0.2, 0) is 20.9 Å². The molecule has 0 aliphatic carbocycles. The minimum absolute atomic E-state index is 0.303. The van der Waals surface area contributed by atoms with Crippen molar-refractivity contribution in [3.63, 3.8) is 0 Å². The molecule has 2 aromatic carbocycles. The number of ether oxygens (including phenoxy) is 1. The molecule has 0 saturated carbocycles. The van der Waals surface area contributed by atoms with Gasteiger partial charge in [0.25, 0.3) is 5.91 Å². The van der Waals surface area contributed by atoms with Gasteiger partial charge in [-0.1, -0.05) is 36.4 Å². The number of nitrogens with zero attached hydrogens (tertiary/aromatic N) is 2. The zero-order chi connectivity index (χ0) is 19.2. The van der Waals surface area contributed by atoms with Gasteiger partial charge in [0.2, 0.25) is 0 Å². The van der Waals surface area contributed by atoms with Crippen LogP contribution >= 0.6 is 0 Å². The van der Waals surface area contributed by atoms with Gasteiger partial charge in [-0.25, -0.2) is 15.3 Å². The van der Waals surface area contributed by atoms with E-state index in [0.717, 1.165) is 42.4 Å². The second-order valence-electron chi connectivity index (χ2n) is 6.82. The smallest absolute Gasteiger partial charge is 0.267 e. The maximum Gasteiger partial charge on any atom is 0.267 e. The van der Waals surface area contributed by atoms with Gasteiger partial charge in [-0.05, 0) is 42.2 Å². The van der Waals surface area contributed by atoms with Gasteiger partial charge >= 0.3 is 0 Å². The summed E-state index contributed by atoms with van der Waals surface area (Å²) in [7, 11) is 0. The lowest BCUT2D eigenvalue weighted by atomic mass is 10.1. The number of para-hydroxylation sites is 2. The van der Waals surface area contributed by atoms with Gasteiger partial charge in [-0.3, -0.25) is 4.79 Å². The van der Waals surface area contributed by atoms with Crippen LogP contribution in [0.1, 0.15) is 30.4 Å². The Kier molecular flexibility index (Phi) is 5.80. The molecule has 144 valence electrons. The van der Waals surface area contributed by atoms with Crippen LogP contribution in [0.5, 0.6) is 0 Å². The Morgan fingerprint density at radius 2 is 2.07 bits per heavy atom. The molecule has 1 aromatic heterocycles. The molecular formula is C22H23N3O3. The summed E-state index contributed by atoms with van der Waals surface area (Å²) in [6.45, 7) is 1.43. The van der Waals surface area contributed by atoms with Crippen molar-refractivity contribution in [2.75, 3.05) is 6.61 Å². The van der Waals surface area contributed by atoms with Crippen LogP contribution < -0.4 is 5.48 Å². The molecule has 1 atom stereocenters. The highest BCUT2D eigenvalue weighted by Gasteiger charge is 2.14. The van der Waals surface area contributed by atoms with E-state index >= 15 is 0 Å². The number of aromatic nitrogens is 2. The number of hydrogen-bond donors (Lipinski definition) is 1. The fraction of sp³-hybridized carbons (Fsp3) is 0.273. The first kappa shape index (κ1) is 18.4. The van der Waals surface area contributed by atoms with Gasteiger partial charge in [-0.15, -0.1) is 0 Å². The molecule has 0 spiro atoms. The lowest BCUT2D eigenvalue weighted by molar-refractivity contribution is -0.198. The highest BCUT2D eigenvalue weighted by molar-refractivity contribution is 5.90. The number of carbonyl (C=O) groups is 1. The lowest BCUT2D eigenvalue weighted by Gasteiger charge is -2.21. The monoisotopic (exact) mass is 377 g/mol. The van der Waals surface area contributed by atoms with Crippen molar-refractivity contribution in [2.45, 2.75) is 32.1 Å². The van der Waals surface area contributed by atoms with E-state index in [1.54, 1.807) is 6.08 Å². The number of amides is 1. The summed E-state index contributed by atoms with van der Waals surface area (Å²) in [5.41, 5.74) is 6.65. The second kappa shape index (κ2) is 8.82. The van der Waals surface area contributed by atoms with E-state index in [-0.39, 0.29) is 12.2 Å². The Hall–Kier alpha value is -2.96. The minimum atomic E-state index is -0.343. The molecule has 1 unspecified atom stereocenters. The number of carbonyl (C=O) groups excluding carboxylic acids is 1. The Labute approximate surface area is 163 Å². The zero-order valence-corrected chi connectivity index (χ0v) is 15.6. The standard InChI is InChI=1S/C22H23N3O3/c26-21(24-28-22-7-3-4-14-27-22)13-12-17-8-10-18(11-9-17)15-25-16-23-19-5-1-2-6-20(19)25/h1-2,5-6,8-13,16,22H,3-4,7,14-15H2,(H,24,26). The Morgan fingerprint density at radius 3 is 2.89 bits per heavy atom. The Morgan fingerprint density at radius 1 is 1.21 bits per heavy atom. The molecular weight excluding hydrogens is 354 g/mol. The molecule has 1 aliphatic heterocycles. The SMILES string of the molecule is O=C(C=Cc1ccc(Cn2cnc3ccccc32)cc1)NOC1CCCCO1. The van der Waals surface area contributed by atoms with Crippen molar-refractivity contribution < 1.29 is 14.4 Å². The molecule has 6 nitrogen and oxygen atoms in total. The lowest BCUT2D eigenvalue weighted by Crippen LogP contribution is -2.32. The number of benzene rings is 2. The first-order valence-corrected chi connectivity index (χ1v) is 9.52. The van der Waals surface area contributed by atoms with Crippen LogP contribution in [0.3, 0.4) is 0 Å². The topological polar surface area (TPSA) is 65.4 Å². The second-order valence-corrected chi connectivity index (χ2v) is 6.82. The number of fused-ring (bicyclic) bond motifs is 1. The molecule has 1 saturated heterocycles. The fourth-order valence-corrected chi connectivity index (χ4v) is 3.20. The van der Waals surface area contributed by atoms with Gasteiger partial charge in [-0.2, -0.15) is 0 Å². The van der Waals surface area contributed by atoms with Gasteiger partial charge in [0.15, 0.2) is 6.29 Å². The van der Waals surface area contributed by atoms with Crippen molar-refractivity contribution >= 4 is 23.0 Å². The first-order chi connectivity index (χ1) is 13.8. The number of hydrogen-bond acceptors (Lipinski definition) is 4. The highest BCUT2D eigenvalue weighted by atomic mass is 16.8. The van der Waals surface area contributed by atoms with Gasteiger partial charge in [0.1, 0.15) is 0 Å². The summed E-state index contributed by atoms with van der Waals surface area (Å²) < 4.78 is 7.53. The molecule has 1 amide bonds. The average Bonchev–Trinajstić information content (AvgIpc) is 3.15. The van der Waals surface area contributed by atoms with E-state index in [4.69, 9.17) is 9.57 Å². The number of nitrogens with one attached hydrogen (secondary N) is 1. The molecule has 4 rings (SSSR count). The van der Waals surface area contributed by atoms with Crippen molar-refractivity contribution in [1.29, 1.82) is 0 Å². The summed E-state index contributed by atoms with van der Waals surface area (Å²) in [5, 5.41) is 0. The summed E-state index contributed by atoms with van der Waals surface area (Å²) in [6.07, 6.45) is 7.64. The average molecular weight is 377 g/mol. The maximum absolute atomic E-state index is 11.9. The molecule has 2 heterocycles. The Bertz CT molecular complexity index is 957. The van der Waals surface area contributed by atoms with Gasteiger partial charge < -0.3 is 9.30 Å². The van der Waals surface area contributed by atoms with E-state index in [1.165, 1.54) is 11.6 Å². The number of rotatable bonds is 6. The van der Waals surface area contributed by atoms with E-state index < -0.39 is 0 Å². The largest absolute Gasteiger partial charge is 0.350 e. The van der Waals surface area contributed by atoms with E-state index in [0.29, 0.717) is 6.61 Å². The third-order valence-corrected chi connectivity index (χ3v) is 4.72. The van der Waals surface area contributed by atoms with Crippen molar-refractivity contribution in [1.82, 2.24) is 15.0 Å². The summed E-state index contributed by atoms with van der Waals surface area (Å²) >= 11 is 0. The van der Waals surface area contributed by atoms with Crippen molar-refractivity contribution in [3.05, 3.63) is 72.1 Å². The third kappa shape index (κ3) is 4.65. The fourth-order valence-electron chi connectivity index (χ4n) is 3.20. The van der Waals surface area contributed by atoms with Crippen LogP contribution in [0.4, 0.5) is 0 Å². The quantitative estimate of drug-likeness (QED) is 0.526. The maximum atomic E-state index is 11.9. The summed E-state index contributed by atoms with van der Waals surface area (Å²) in [4.78, 5) is 21.6. The molecule has 1 N–H and O–H groups in total. The zero-order valence-electron chi connectivity index (χ0n) is 15.6. The van der Waals surface area contributed by atoms with Crippen molar-refractivity contribution in [3.8, 4) is 0 Å². The highest BCUT2D eigenvalue weighted by Crippen LogP contribution is 2.15. The molecule has 28 heavy (non-hydrogen) atoms. The summed E-state index contributed by atoms with van der Waals surface area (Å²) in [5.74, 6) is -0.303. The van der Waals surface area contributed by atoms with Gasteiger partial charge in [0.05, 0.1) is 17.4 Å². The van der Waals surface area contributed by atoms with Crippen LogP contribution in [-0.4, -0.2) is 28.4 Å². The molecule has 0 bridgehead atoms. The molecule has 0 radical (unpaired) electrons. The third-order valence-electron chi connectivity index (χ3n) is 4.72. The van der Waals surface area contributed by atoms with Crippen molar-refractivity contribution in [2.24, 2.45) is 0 Å². The van der Waals surface area contributed by atoms with E-state index in [1.807, 2.05) is 36.7 Å². The van der Waals surface area contributed by atoms with Crippen LogP contribution in [0.2, 0.25) is 0 Å². The molecule has 1 fully saturated rings. The number of imidazole rings is 1. The van der Waals surface area contributed by atoms with E-state index in [9.17, 15) is 4.79 Å². The number of hydroxylamine groups is 1. The molecule has 1 aliphatic rings. The predicted octanol–water partition coefficient (Wildman–Crippen LogP) is 3.67. The van der Waals surface area contributed by atoms with Gasteiger partial charge in [0, 0.05) is 25.6 Å². The summed E-state index contributed by atoms with van der Waals surface area (Å²) in [6, 6.07) is 16.2. The van der Waals surface area contributed by atoms with Crippen LogP contribution in [0, 0.1) is 0 Å². The van der Waals surface area contributed by atoms with Crippen LogP contribution in [0.15, 0.2) is 60.9 Å². The molecule has 6 heteroatoms. The van der Waals surface area contributed by atoms with E-state index in [2.05, 4.69) is 33.2 Å². The normalized spacial score (nSPS) is 17.2. The minimum Gasteiger partial charge on any atom is -0.350 e.